The van der Waals surface area contributed by atoms with E-state index >= 15 is 0 Å². The summed E-state index contributed by atoms with van der Waals surface area (Å²) in [6.45, 7) is 8.94. The van der Waals surface area contributed by atoms with Crippen LogP contribution in [0.5, 0.6) is 0 Å². The fourth-order valence-electron chi connectivity index (χ4n) is 4.14. The van der Waals surface area contributed by atoms with Crippen molar-refractivity contribution >= 4 is 23.2 Å². The van der Waals surface area contributed by atoms with Crippen LogP contribution in [-0.2, 0) is 4.79 Å². The number of benzene rings is 1. The third-order valence-corrected chi connectivity index (χ3v) is 5.86. The molecular weight excluding hydrogens is 340 g/mol. The Morgan fingerprint density at radius 2 is 2.00 bits per heavy atom. The summed E-state index contributed by atoms with van der Waals surface area (Å²) in [6.07, 6.45) is 4.06. The number of carbonyl (C=O) groups excluding carboxylic acids is 2. The van der Waals surface area contributed by atoms with Crippen LogP contribution in [0.4, 0.5) is 11.4 Å². The van der Waals surface area contributed by atoms with E-state index in [4.69, 9.17) is 0 Å². The number of hydrogen-bond acceptors (Lipinski definition) is 4. The molecule has 1 aromatic rings. The van der Waals surface area contributed by atoms with Gasteiger partial charge >= 0.3 is 0 Å². The molecule has 3 rings (SSSR count). The monoisotopic (exact) mass is 372 g/mol. The van der Waals surface area contributed by atoms with Gasteiger partial charge in [-0.25, -0.2) is 0 Å². The molecule has 0 aliphatic carbocycles. The van der Waals surface area contributed by atoms with Gasteiger partial charge in [0.1, 0.15) is 6.04 Å². The molecule has 0 spiro atoms. The van der Waals surface area contributed by atoms with E-state index in [1.54, 1.807) is 4.90 Å². The summed E-state index contributed by atoms with van der Waals surface area (Å²) in [6, 6.07) is 5.70. The summed E-state index contributed by atoms with van der Waals surface area (Å²) in [5.41, 5.74) is 2.53. The molecule has 1 unspecified atom stereocenters. The highest BCUT2D eigenvalue weighted by atomic mass is 16.2. The zero-order valence-corrected chi connectivity index (χ0v) is 16.8. The second-order valence-electron chi connectivity index (χ2n) is 7.44. The van der Waals surface area contributed by atoms with E-state index in [1.807, 2.05) is 25.2 Å². The summed E-state index contributed by atoms with van der Waals surface area (Å²) in [7, 11) is 1.82. The molecule has 1 atom stereocenters. The van der Waals surface area contributed by atoms with Crippen LogP contribution in [0.3, 0.4) is 0 Å². The Balaban J connectivity index is 1.66. The van der Waals surface area contributed by atoms with Gasteiger partial charge in [0.05, 0.1) is 11.4 Å². The third-order valence-electron chi connectivity index (χ3n) is 5.86. The van der Waals surface area contributed by atoms with Gasteiger partial charge in [0.15, 0.2) is 0 Å². The van der Waals surface area contributed by atoms with Crippen molar-refractivity contribution in [1.29, 1.82) is 0 Å². The fourth-order valence-corrected chi connectivity index (χ4v) is 4.14. The van der Waals surface area contributed by atoms with E-state index in [0.717, 1.165) is 63.2 Å². The van der Waals surface area contributed by atoms with Crippen molar-refractivity contribution in [3.05, 3.63) is 23.8 Å². The summed E-state index contributed by atoms with van der Waals surface area (Å²) < 4.78 is 0. The van der Waals surface area contributed by atoms with Gasteiger partial charge in [-0.1, -0.05) is 13.8 Å². The Hall–Kier alpha value is -2.08. The van der Waals surface area contributed by atoms with Gasteiger partial charge in [0.25, 0.3) is 5.91 Å². The third kappa shape index (κ3) is 4.10. The summed E-state index contributed by atoms with van der Waals surface area (Å²) in [5.74, 6) is 0.0675. The highest BCUT2D eigenvalue weighted by molar-refractivity contribution is 6.07. The molecule has 2 amide bonds. The van der Waals surface area contributed by atoms with Crippen LogP contribution in [0.2, 0.25) is 0 Å². The first-order valence-corrected chi connectivity index (χ1v) is 10.3. The standard InChI is InChI=1S/C21H32N4O2/c1-4-24(5-2)13-8-12-22-20(26)16-10-11-17-19(15-16)23(3)21(27)18-9-6-7-14-25(17)18/h10-11,15,18H,4-9,12-14H2,1-3H3,(H,22,26). The lowest BCUT2D eigenvalue weighted by Crippen LogP contribution is -2.54. The number of anilines is 2. The average Bonchev–Trinajstić information content (AvgIpc) is 2.71. The number of nitrogens with one attached hydrogen (secondary N) is 1. The van der Waals surface area contributed by atoms with Crippen molar-refractivity contribution in [2.45, 2.75) is 45.6 Å². The van der Waals surface area contributed by atoms with Gasteiger partial charge in [0, 0.05) is 25.7 Å². The highest BCUT2D eigenvalue weighted by Crippen LogP contribution is 2.39. The topological polar surface area (TPSA) is 55.9 Å². The van der Waals surface area contributed by atoms with Crippen LogP contribution < -0.4 is 15.1 Å². The predicted octanol–water partition coefficient (Wildman–Crippen LogP) is 2.48. The van der Waals surface area contributed by atoms with Crippen LogP contribution in [-0.4, -0.2) is 62.5 Å². The molecule has 2 heterocycles. The fraction of sp³-hybridized carbons (Fsp3) is 0.619. The van der Waals surface area contributed by atoms with Crippen LogP contribution in [0.15, 0.2) is 18.2 Å². The van der Waals surface area contributed by atoms with Crippen LogP contribution in [0.25, 0.3) is 0 Å². The molecule has 1 aromatic carbocycles. The Kier molecular flexibility index (Phi) is 6.37. The first-order chi connectivity index (χ1) is 13.1. The normalized spacial score (nSPS) is 19.1. The minimum atomic E-state index is -0.0704. The molecule has 2 aliphatic rings. The van der Waals surface area contributed by atoms with Gasteiger partial charge in [-0.2, -0.15) is 0 Å². The molecule has 0 aromatic heterocycles. The van der Waals surface area contributed by atoms with Crippen molar-refractivity contribution in [2.75, 3.05) is 49.6 Å². The number of likely N-dealkylation sites (N-methyl/N-ethyl adjacent to an activating group) is 1. The van der Waals surface area contributed by atoms with E-state index in [9.17, 15) is 9.59 Å². The maximum Gasteiger partial charge on any atom is 0.251 e. The molecule has 0 saturated carbocycles. The van der Waals surface area contributed by atoms with Crippen molar-refractivity contribution in [3.63, 3.8) is 0 Å². The molecule has 148 valence electrons. The zero-order chi connectivity index (χ0) is 19.4. The van der Waals surface area contributed by atoms with Crippen LogP contribution in [0, 0.1) is 0 Å². The minimum absolute atomic E-state index is 0.0454. The molecule has 2 aliphatic heterocycles. The molecule has 1 N–H and O–H groups in total. The van der Waals surface area contributed by atoms with E-state index < -0.39 is 0 Å². The molecule has 6 heteroatoms. The summed E-state index contributed by atoms with van der Waals surface area (Å²) in [5, 5.41) is 3.01. The Morgan fingerprint density at radius 3 is 2.74 bits per heavy atom. The second kappa shape index (κ2) is 8.74. The second-order valence-corrected chi connectivity index (χ2v) is 7.44. The number of hydrogen-bond donors (Lipinski definition) is 1. The number of piperidine rings is 1. The Bertz CT molecular complexity index is 687. The molecular formula is C21H32N4O2. The maximum atomic E-state index is 12.7. The molecule has 0 radical (unpaired) electrons. The lowest BCUT2D eigenvalue weighted by molar-refractivity contribution is -0.120. The summed E-state index contributed by atoms with van der Waals surface area (Å²) in [4.78, 5) is 31.5. The van der Waals surface area contributed by atoms with Gasteiger partial charge in [-0.3, -0.25) is 9.59 Å². The van der Waals surface area contributed by atoms with Crippen LogP contribution >= 0.6 is 0 Å². The summed E-state index contributed by atoms with van der Waals surface area (Å²) >= 11 is 0. The SMILES string of the molecule is CCN(CC)CCCNC(=O)c1ccc2c(c1)N(C)C(=O)C1CCCCN21. The van der Waals surface area contributed by atoms with Gasteiger partial charge < -0.3 is 20.0 Å². The predicted molar refractivity (Wildman–Crippen MR) is 110 cm³/mol. The smallest absolute Gasteiger partial charge is 0.251 e. The van der Waals surface area contributed by atoms with Gasteiger partial charge in [0.2, 0.25) is 5.91 Å². The minimum Gasteiger partial charge on any atom is -0.358 e. The average molecular weight is 373 g/mol. The number of rotatable bonds is 7. The van der Waals surface area contributed by atoms with Crippen molar-refractivity contribution < 1.29 is 9.59 Å². The van der Waals surface area contributed by atoms with Crippen molar-refractivity contribution in [3.8, 4) is 0 Å². The lowest BCUT2D eigenvalue weighted by atomic mass is 9.96. The molecule has 6 nitrogen and oxygen atoms in total. The van der Waals surface area contributed by atoms with Crippen molar-refractivity contribution in [1.82, 2.24) is 10.2 Å². The molecule has 27 heavy (non-hydrogen) atoms. The van der Waals surface area contributed by atoms with Crippen molar-refractivity contribution in [2.24, 2.45) is 0 Å². The maximum absolute atomic E-state index is 12.7. The molecule has 1 fully saturated rings. The quantitative estimate of drug-likeness (QED) is 0.747. The van der Waals surface area contributed by atoms with Gasteiger partial charge in [-0.05, 0) is 63.5 Å². The van der Waals surface area contributed by atoms with E-state index in [1.165, 1.54) is 0 Å². The first-order valence-electron chi connectivity index (χ1n) is 10.3. The largest absolute Gasteiger partial charge is 0.358 e. The molecule has 0 bridgehead atoms. The van der Waals surface area contributed by atoms with E-state index in [0.29, 0.717) is 12.1 Å². The van der Waals surface area contributed by atoms with Crippen LogP contribution in [0.1, 0.15) is 49.9 Å². The molecule has 1 saturated heterocycles. The zero-order valence-electron chi connectivity index (χ0n) is 16.8. The number of fused-ring (bicyclic) bond motifs is 3. The number of nitrogens with zero attached hydrogens (tertiary/aromatic N) is 3. The van der Waals surface area contributed by atoms with E-state index in [2.05, 4.69) is 29.0 Å². The lowest BCUT2D eigenvalue weighted by Gasteiger charge is -2.44. The van der Waals surface area contributed by atoms with E-state index in [-0.39, 0.29) is 17.9 Å². The number of carbonyl (C=O) groups is 2. The highest BCUT2D eigenvalue weighted by Gasteiger charge is 2.37. The first kappa shape index (κ1) is 19.7. The Morgan fingerprint density at radius 1 is 1.22 bits per heavy atom. The van der Waals surface area contributed by atoms with Gasteiger partial charge in [-0.15, -0.1) is 0 Å². The number of amides is 2. The Labute approximate surface area is 162 Å².